The van der Waals surface area contributed by atoms with Gasteiger partial charge in [0.1, 0.15) is 5.15 Å². The van der Waals surface area contributed by atoms with Crippen LogP contribution in [0.1, 0.15) is 11.1 Å². The van der Waals surface area contributed by atoms with Crippen LogP contribution in [-0.4, -0.2) is 34.7 Å². The quantitative estimate of drug-likeness (QED) is 0.656. The molecule has 1 heterocycles. The molecule has 0 bridgehead atoms. The molecule has 0 amide bonds. The second-order valence-corrected chi connectivity index (χ2v) is 5.24. The summed E-state index contributed by atoms with van der Waals surface area (Å²) in [4.78, 5) is 6.54. The van der Waals surface area contributed by atoms with Crippen LogP contribution in [-0.2, 0) is 6.54 Å². The number of benzene rings is 1. The van der Waals surface area contributed by atoms with E-state index in [0.717, 1.165) is 16.5 Å². The second-order valence-electron chi connectivity index (χ2n) is 4.88. The van der Waals surface area contributed by atoms with Crippen molar-refractivity contribution < 1.29 is 5.11 Å². The number of halogens is 1. The van der Waals surface area contributed by atoms with Crippen molar-refractivity contribution in [3.8, 4) is 0 Å². The summed E-state index contributed by atoms with van der Waals surface area (Å²) in [6.45, 7) is 7.85. The third kappa shape index (κ3) is 3.57. The molecule has 106 valence electrons. The zero-order chi connectivity index (χ0) is 14.5. The van der Waals surface area contributed by atoms with Gasteiger partial charge in [-0.05, 0) is 24.6 Å². The number of rotatable bonds is 6. The van der Waals surface area contributed by atoms with E-state index in [1.165, 1.54) is 5.56 Å². The number of hydrogen-bond acceptors (Lipinski definition) is 3. The molecule has 1 N–H and O–H groups in total. The Morgan fingerprint density at radius 2 is 2.20 bits per heavy atom. The topological polar surface area (TPSA) is 36.4 Å². The Labute approximate surface area is 124 Å². The van der Waals surface area contributed by atoms with Crippen molar-refractivity contribution in [1.29, 1.82) is 0 Å². The summed E-state index contributed by atoms with van der Waals surface area (Å²) in [5.74, 6) is 0. The summed E-state index contributed by atoms with van der Waals surface area (Å²) >= 11 is 6.27. The van der Waals surface area contributed by atoms with Crippen molar-refractivity contribution in [2.24, 2.45) is 0 Å². The number of hydrogen-bond donors (Lipinski definition) is 1. The second kappa shape index (κ2) is 6.84. The van der Waals surface area contributed by atoms with Crippen LogP contribution in [0.4, 0.5) is 0 Å². The molecule has 0 unspecified atom stereocenters. The third-order valence-corrected chi connectivity index (χ3v) is 3.52. The Morgan fingerprint density at radius 3 is 2.90 bits per heavy atom. The molecule has 1 aromatic carbocycles. The Hall–Kier alpha value is -1.42. The minimum Gasteiger partial charge on any atom is -0.395 e. The maximum absolute atomic E-state index is 9.09. The van der Waals surface area contributed by atoms with Gasteiger partial charge in [-0.25, -0.2) is 4.98 Å². The van der Waals surface area contributed by atoms with E-state index in [9.17, 15) is 0 Å². The van der Waals surface area contributed by atoms with Crippen LogP contribution < -0.4 is 0 Å². The predicted octanol–water partition coefficient (Wildman–Crippen LogP) is 3.18. The fourth-order valence-corrected chi connectivity index (χ4v) is 2.41. The average Bonchev–Trinajstić information content (AvgIpc) is 2.40. The van der Waals surface area contributed by atoms with Gasteiger partial charge in [0.05, 0.1) is 12.1 Å². The van der Waals surface area contributed by atoms with Gasteiger partial charge in [-0.2, -0.15) is 0 Å². The zero-order valence-corrected chi connectivity index (χ0v) is 12.4. The van der Waals surface area contributed by atoms with E-state index in [1.807, 2.05) is 19.1 Å². The molecular weight excluding hydrogens is 272 g/mol. The van der Waals surface area contributed by atoms with Crippen LogP contribution in [0.25, 0.3) is 10.9 Å². The van der Waals surface area contributed by atoms with Crippen LogP contribution in [0.3, 0.4) is 0 Å². The number of pyridine rings is 1. The average molecular weight is 291 g/mol. The lowest BCUT2D eigenvalue weighted by Crippen LogP contribution is -2.26. The van der Waals surface area contributed by atoms with Crippen LogP contribution >= 0.6 is 11.6 Å². The van der Waals surface area contributed by atoms with E-state index in [4.69, 9.17) is 16.7 Å². The Kier molecular flexibility index (Phi) is 5.12. The van der Waals surface area contributed by atoms with Crippen LogP contribution in [0.15, 0.2) is 36.9 Å². The summed E-state index contributed by atoms with van der Waals surface area (Å²) in [6.07, 6.45) is 1.82. The molecular formula is C16H19ClN2O. The SMILES string of the molecule is C=CCN(CCO)Cc1cc2ccc(C)cc2nc1Cl. The molecule has 0 radical (unpaired) electrons. The standard InChI is InChI=1S/C16H19ClN2O/c1-3-6-19(7-8-20)11-14-10-13-5-4-12(2)9-15(13)18-16(14)17/h3-5,9-10,20H,1,6-8,11H2,2H3. The molecule has 2 aromatic rings. The molecule has 0 fully saturated rings. The van der Waals surface area contributed by atoms with E-state index in [2.05, 4.69) is 34.7 Å². The maximum atomic E-state index is 9.09. The van der Waals surface area contributed by atoms with Gasteiger partial charge in [0, 0.05) is 30.6 Å². The fourth-order valence-electron chi connectivity index (χ4n) is 2.21. The highest BCUT2D eigenvalue weighted by Crippen LogP contribution is 2.22. The lowest BCUT2D eigenvalue weighted by atomic mass is 10.1. The van der Waals surface area contributed by atoms with Gasteiger partial charge >= 0.3 is 0 Å². The van der Waals surface area contributed by atoms with Crippen molar-refractivity contribution >= 4 is 22.5 Å². The summed E-state index contributed by atoms with van der Waals surface area (Å²) in [5, 5.41) is 10.7. The first-order valence-electron chi connectivity index (χ1n) is 6.64. The summed E-state index contributed by atoms with van der Waals surface area (Å²) < 4.78 is 0. The van der Waals surface area contributed by atoms with Crippen molar-refractivity contribution in [1.82, 2.24) is 9.88 Å². The number of nitrogens with zero attached hydrogens (tertiary/aromatic N) is 2. The number of aliphatic hydroxyl groups excluding tert-OH is 1. The first kappa shape index (κ1) is 15.0. The largest absolute Gasteiger partial charge is 0.395 e. The summed E-state index contributed by atoms with van der Waals surface area (Å²) in [7, 11) is 0. The third-order valence-electron chi connectivity index (χ3n) is 3.20. The van der Waals surface area contributed by atoms with Crippen molar-refractivity contribution in [2.45, 2.75) is 13.5 Å². The van der Waals surface area contributed by atoms with Gasteiger partial charge < -0.3 is 5.11 Å². The van der Waals surface area contributed by atoms with Crippen LogP contribution in [0.2, 0.25) is 5.15 Å². The van der Waals surface area contributed by atoms with Gasteiger partial charge in [0.25, 0.3) is 0 Å². The first-order valence-corrected chi connectivity index (χ1v) is 7.01. The maximum Gasteiger partial charge on any atom is 0.134 e. The Bertz CT molecular complexity index is 613. The molecule has 3 nitrogen and oxygen atoms in total. The van der Waals surface area contributed by atoms with Crippen molar-refractivity contribution in [3.63, 3.8) is 0 Å². The van der Waals surface area contributed by atoms with E-state index in [1.54, 1.807) is 0 Å². The molecule has 0 atom stereocenters. The van der Waals surface area contributed by atoms with Gasteiger partial charge in [-0.3, -0.25) is 4.90 Å². The molecule has 0 aliphatic rings. The predicted molar refractivity (Wildman–Crippen MR) is 84.0 cm³/mol. The fraction of sp³-hybridized carbons (Fsp3) is 0.312. The van der Waals surface area contributed by atoms with Crippen LogP contribution in [0, 0.1) is 6.92 Å². The number of fused-ring (bicyclic) bond motifs is 1. The first-order chi connectivity index (χ1) is 9.63. The molecule has 0 saturated heterocycles. The molecule has 0 aliphatic heterocycles. The summed E-state index contributed by atoms with van der Waals surface area (Å²) in [5.41, 5.74) is 3.05. The Morgan fingerprint density at radius 1 is 1.40 bits per heavy atom. The molecule has 4 heteroatoms. The normalized spacial score (nSPS) is 11.2. The highest BCUT2D eigenvalue weighted by molar-refractivity contribution is 6.30. The summed E-state index contributed by atoms with van der Waals surface area (Å²) in [6, 6.07) is 8.22. The zero-order valence-electron chi connectivity index (χ0n) is 11.6. The highest BCUT2D eigenvalue weighted by atomic mass is 35.5. The Balaban J connectivity index is 2.31. The minimum atomic E-state index is 0.117. The van der Waals surface area contributed by atoms with E-state index >= 15 is 0 Å². The lowest BCUT2D eigenvalue weighted by Gasteiger charge is -2.20. The highest BCUT2D eigenvalue weighted by Gasteiger charge is 2.09. The van der Waals surface area contributed by atoms with E-state index < -0.39 is 0 Å². The minimum absolute atomic E-state index is 0.117. The van der Waals surface area contributed by atoms with Crippen molar-refractivity contribution in [2.75, 3.05) is 19.7 Å². The van der Waals surface area contributed by atoms with E-state index in [-0.39, 0.29) is 6.61 Å². The molecule has 0 saturated carbocycles. The smallest absolute Gasteiger partial charge is 0.134 e. The van der Waals surface area contributed by atoms with Gasteiger partial charge in [-0.1, -0.05) is 29.8 Å². The van der Waals surface area contributed by atoms with Gasteiger partial charge in [-0.15, -0.1) is 6.58 Å². The number of aryl methyl sites for hydroxylation is 1. The number of aromatic nitrogens is 1. The molecule has 0 spiro atoms. The molecule has 20 heavy (non-hydrogen) atoms. The monoisotopic (exact) mass is 290 g/mol. The van der Waals surface area contributed by atoms with Gasteiger partial charge in [0.15, 0.2) is 0 Å². The molecule has 1 aromatic heterocycles. The van der Waals surface area contributed by atoms with Crippen molar-refractivity contribution in [3.05, 3.63) is 53.2 Å². The van der Waals surface area contributed by atoms with E-state index in [0.29, 0.717) is 24.8 Å². The number of aliphatic hydroxyl groups is 1. The molecule has 2 rings (SSSR count). The van der Waals surface area contributed by atoms with Gasteiger partial charge in [0.2, 0.25) is 0 Å². The molecule has 0 aliphatic carbocycles. The van der Waals surface area contributed by atoms with Crippen LogP contribution in [0.5, 0.6) is 0 Å². The lowest BCUT2D eigenvalue weighted by molar-refractivity contribution is 0.203.